The van der Waals surface area contributed by atoms with Gasteiger partial charge in [-0.05, 0) is 160 Å². The lowest BCUT2D eigenvalue weighted by molar-refractivity contribution is -0.144. The van der Waals surface area contributed by atoms with Crippen LogP contribution >= 0.6 is 0 Å². The van der Waals surface area contributed by atoms with Crippen molar-refractivity contribution in [2.45, 2.75) is 49.4 Å². The number of halogens is 24. The molecule has 546 valence electrons. The lowest BCUT2D eigenvalue weighted by atomic mass is 9.94. The maximum absolute atomic E-state index is 15.1. The summed E-state index contributed by atoms with van der Waals surface area (Å²) in [7, 11) is 0. The Bertz CT molecular complexity index is 5380. The van der Waals surface area contributed by atoms with Gasteiger partial charge < -0.3 is 9.13 Å². The van der Waals surface area contributed by atoms with Crippen LogP contribution in [0.4, 0.5) is 105 Å². The molecule has 0 aliphatic carbocycles. The Morgan fingerprint density at radius 3 is 0.778 bits per heavy atom. The van der Waals surface area contributed by atoms with Gasteiger partial charge in [-0.1, -0.05) is 109 Å². The molecule has 3 aromatic heterocycles. The van der Waals surface area contributed by atoms with Crippen LogP contribution in [0.5, 0.6) is 0 Å². The molecular weight excluding hydrogens is 1470 g/mol. The molecule has 11 aromatic carbocycles. The van der Waals surface area contributed by atoms with Crippen LogP contribution in [0, 0.1) is 11.3 Å². The molecule has 0 N–H and O–H groups in total. The molecule has 14 rings (SSSR count). The van der Waals surface area contributed by atoms with Gasteiger partial charge in [0, 0.05) is 38.2 Å². The number of hydrogen-bond acceptors (Lipinski definition) is 3. The Labute approximate surface area is 591 Å². The maximum Gasteiger partial charge on any atom is 0.417 e. The Morgan fingerprint density at radius 1 is 0.250 bits per heavy atom. The van der Waals surface area contributed by atoms with E-state index in [1.54, 1.807) is 60.7 Å². The first-order valence-corrected chi connectivity index (χ1v) is 31.5. The Morgan fingerprint density at radius 2 is 0.519 bits per heavy atom. The van der Waals surface area contributed by atoms with Crippen LogP contribution in [0.3, 0.4) is 0 Å². The van der Waals surface area contributed by atoms with Crippen molar-refractivity contribution in [3.63, 3.8) is 0 Å². The van der Waals surface area contributed by atoms with Crippen molar-refractivity contribution in [1.82, 2.24) is 19.1 Å². The first kappa shape index (κ1) is 72.8. The summed E-state index contributed by atoms with van der Waals surface area (Å²) in [6.45, 7) is 0. The fourth-order valence-corrected chi connectivity index (χ4v) is 13.4. The zero-order valence-electron chi connectivity index (χ0n) is 53.7. The average Bonchev–Trinajstić information content (AvgIpc) is 1.56. The van der Waals surface area contributed by atoms with Crippen LogP contribution in [0.1, 0.15) is 50.1 Å². The van der Waals surface area contributed by atoms with E-state index >= 15 is 52.7 Å². The second-order valence-electron chi connectivity index (χ2n) is 24.8. The van der Waals surface area contributed by atoms with Crippen LogP contribution in [0.15, 0.2) is 224 Å². The largest absolute Gasteiger partial charge is 0.417 e. The molecular formula is C79H37F24N5. The van der Waals surface area contributed by atoms with Crippen molar-refractivity contribution in [2.75, 3.05) is 0 Å². The van der Waals surface area contributed by atoms with E-state index in [0.29, 0.717) is 59.7 Å². The van der Waals surface area contributed by atoms with Crippen LogP contribution in [0.2, 0.25) is 0 Å². The zero-order chi connectivity index (χ0) is 77.5. The SMILES string of the molecule is N#Cc1c(-n2c3ccc(-c4ccc(C(F)(F)F)cc4C(F)(F)F)cc3c3cc(-c4ccc(C(F)(F)F)cc4C(F)(F)F)ccc32)cc(-c2cc(-c3ccccc3)nc(-c3ccccc3)n2)cc1-n1c2ccc(-c3ccc(C(F)(F)F)cc3C(F)(F)F)cc2c2cc(-c3ccc(C(F)(F)F)cc3C(F)(F)F)ccc21. The van der Waals surface area contributed by atoms with Crippen LogP contribution < -0.4 is 0 Å². The van der Waals surface area contributed by atoms with Gasteiger partial charge >= 0.3 is 49.4 Å². The van der Waals surface area contributed by atoms with Crippen molar-refractivity contribution in [3.05, 3.63) is 275 Å². The minimum atomic E-state index is -5.51. The van der Waals surface area contributed by atoms with Crippen molar-refractivity contribution in [1.29, 1.82) is 5.26 Å². The summed E-state index contributed by atoms with van der Waals surface area (Å²) >= 11 is 0. The summed E-state index contributed by atoms with van der Waals surface area (Å²) < 4.78 is 354. The summed E-state index contributed by atoms with van der Waals surface area (Å²) in [4.78, 5) is 9.81. The van der Waals surface area contributed by atoms with E-state index in [-0.39, 0.29) is 102 Å². The summed E-state index contributed by atoms with van der Waals surface area (Å²) in [5, 5.41) is 11.0. The van der Waals surface area contributed by atoms with E-state index in [1.807, 2.05) is 0 Å². The first-order chi connectivity index (χ1) is 50.5. The quantitative estimate of drug-likeness (QED) is 0.135. The second kappa shape index (κ2) is 25.6. The van der Waals surface area contributed by atoms with Gasteiger partial charge in [-0.25, -0.2) is 9.97 Å². The zero-order valence-corrected chi connectivity index (χ0v) is 53.7. The van der Waals surface area contributed by atoms with Crippen LogP contribution in [-0.4, -0.2) is 19.1 Å². The third-order valence-corrected chi connectivity index (χ3v) is 18.2. The third-order valence-electron chi connectivity index (χ3n) is 18.2. The lowest BCUT2D eigenvalue weighted by Crippen LogP contribution is -2.12. The van der Waals surface area contributed by atoms with E-state index in [4.69, 9.17) is 9.97 Å². The fraction of sp³-hybridized carbons (Fsp3) is 0.101. The second-order valence-corrected chi connectivity index (χ2v) is 24.8. The van der Waals surface area contributed by atoms with E-state index in [1.165, 1.54) is 27.3 Å². The van der Waals surface area contributed by atoms with Gasteiger partial charge in [0.15, 0.2) is 5.82 Å². The molecule has 0 saturated carbocycles. The number of benzene rings is 11. The van der Waals surface area contributed by atoms with Gasteiger partial charge in [0.1, 0.15) is 11.6 Å². The highest BCUT2D eigenvalue weighted by atomic mass is 19.4. The highest BCUT2D eigenvalue weighted by molar-refractivity contribution is 6.14. The van der Waals surface area contributed by atoms with Crippen LogP contribution in [-0.2, 0) is 49.4 Å². The molecule has 29 heteroatoms. The molecule has 5 nitrogen and oxygen atoms in total. The maximum atomic E-state index is 15.1. The number of fused-ring (bicyclic) bond motifs is 6. The molecule has 14 aromatic rings. The standard InChI is InChI=1S/C79H37F24N5/c80-72(81,82)46-15-19-50(59(33-46)76(92,93)94)41-11-23-65-54(27-41)55-28-42(51-20-16-47(73(83,84)85)34-60(51)77(95,96)97)12-24-66(55)107(65)69-31-45(64-37-63(39-7-3-1-4-8-39)105-71(106-64)40-9-5-2-6-10-40)32-70(58(69)38-104)108-67-25-13-43(52-21-17-48(74(86,87)88)35-61(52)78(98,99)100)29-56(67)57-30-44(14-26-68(57)108)53-22-18-49(75(89,90)91)36-62(53)79(101,102)103/h1-37H. The van der Waals surface area contributed by atoms with Gasteiger partial charge in [0.25, 0.3) is 0 Å². The molecule has 0 atom stereocenters. The van der Waals surface area contributed by atoms with Gasteiger partial charge in [0.2, 0.25) is 0 Å². The number of rotatable bonds is 9. The monoisotopic (exact) mass is 1510 g/mol. The van der Waals surface area contributed by atoms with E-state index in [2.05, 4.69) is 6.07 Å². The Kier molecular flexibility index (Phi) is 17.2. The van der Waals surface area contributed by atoms with E-state index in [9.17, 15) is 57.9 Å². The molecule has 0 spiro atoms. The Hall–Kier alpha value is -12.1. The number of nitrogens with zero attached hydrogens (tertiary/aromatic N) is 5. The number of nitriles is 1. The molecule has 0 amide bonds. The topological polar surface area (TPSA) is 59.4 Å². The molecule has 0 aliphatic rings. The minimum Gasteiger partial charge on any atom is -0.308 e. The summed E-state index contributed by atoms with van der Waals surface area (Å²) in [6, 6.07) is 38.5. The number of alkyl halides is 24. The van der Waals surface area contributed by atoms with Gasteiger partial charge in [-0.3, -0.25) is 0 Å². The van der Waals surface area contributed by atoms with Gasteiger partial charge in [-0.2, -0.15) is 111 Å². The molecule has 108 heavy (non-hydrogen) atoms. The van der Waals surface area contributed by atoms with E-state index in [0.717, 1.165) is 72.8 Å². The lowest BCUT2D eigenvalue weighted by Gasteiger charge is -2.19. The van der Waals surface area contributed by atoms with Gasteiger partial charge in [-0.15, -0.1) is 0 Å². The van der Waals surface area contributed by atoms with Crippen molar-refractivity contribution in [2.24, 2.45) is 0 Å². The summed E-state index contributed by atoms with van der Waals surface area (Å²) in [6.07, 6.45) is -43.3. The van der Waals surface area contributed by atoms with Gasteiger partial charge in [0.05, 0.1) is 89.3 Å². The highest BCUT2D eigenvalue weighted by Gasteiger charge is 2.43. The number of aromatic nitrogens is 4. The number of hydrogen-bond donors (Lipinski definition) is 0. The molecule has 0 radical (unpaired) electrons. The molecule has 0 saturated heterocycles. The molecule has 0 bridgehead atoms. The van der Waals surface area contributed by atoms with E-state index < -0.39 is 144 Å². The fourth-order valence-electron chi connectivity index (χ4n) is 13.4. The van der Waals surface area contributed by atoms with Crippen molar-refractivity contribution >= 4 is 43.6 Å². The van der Waals surface area contributed by atoms with Crippen molar-refractivity contribution in [3.8, 4) is 95.9 Å². The minimum absolute atomic E-state index is 0.0155. The molecule has 3 heterocycles. The predicted molar refractivity (Wildman–Crippen MR) is 353 cm³/mol. The summed E-state index contributed by atoms with van der Waals surface area (Å²) in [5.41, 5.74) is -20.2. The Balaban J connectivity index is 1.13. The predicted octanol–water partition coefficient (Wildman–Crippen LogP) is 26.4. The average molecular weight is 1510 g/mol. The molecule has 0 fully saturated rings. The molecule has 0 aliphatic heterocycles. The highest BCUT2D eigenvalue weighted by Crippen LogP contribution is 2.51. The smallest absolute Gasteiger partial charge is 0.308 e. The third kappa shape index (κ3) is 13.4. The van der Waals surface area contributed by atoms with Crippen LogP contribution in [0.25, 0.3) is 133 Å². The first-order valence-electron chi connectivity index (χ1n) is 31.5. The summed E-state index contributed by atoms with van der Waals surface area (Å²) in [5.74, 6) is 0.0410. The molecule has 0 unspecified atom stereocenters. The van der Waals surface area contributed by atoms with Crippen molar-refractivity contribution < 1.29 is 105 Å². The normalized spacial score (nSPS) is 13.0.